The second-order valence-electron chi connectivity index (χ2n) is 4.83. The Bertz CT molecular complexity index is 503. The molecule has 0 aliphatic heterocycles. The van der Waals surface area contributed by atoms with Crippen LogP contribution in [0.5, 0.6) is 5.75 Å². The Labute approximate surface area is 120 Å². The van der Waals surface area contributed by atoms with Crippen molar-refractivity contribution in [1.29, 1.82) is 0 Å². The summed E-state index contributed by atoms with van der Waals surface area (Å²) in [6, 6.07) is 18.3. The lowest BCUT2D eigenvalue weighted by atomic mass is 10.1. The molecule has 2 aromatic carbocycles. The SMILES string of the molecule is O=CCCCCc1ccc(COc2ccccc2)cc1. The largest absolute Gasteiger partial charge is 0.489 e. The number of carbonyl (C=O) groups is 1. The molecule has 2 aromatic rings. The molecule has 0 saturated heterocycles. The third-order valence-electron chi connectivity index (χ3n) is 3.21. The average Bonchev–Trinajstić information content (AvgIpc) is 2.52. The molecule has 0 aliphatic carbocycles. The van der Waals surface area contributed by atoms with Gasteiger partial charge in [0.2, 0.25) is 0 Å². The number of hydrogen-bond donors (Lipinski definition) is 0. The van der Waals surface area contributed by atoms with Crippen LogP contribution >= 0.6 is 0 Å². The van der Waals surface area contributed by atoms with Crippen molar-refractivity contribution >= 4 is 6.29 Å². The van der Waals surface area contributed by atoms with Crippen LogP contribution in [0.15, 0.2) is 54.6 Å². The van der Waals surface area contributed by atoms with Gasteiger partial charge in [-0.15, -0.1) is 0 Å². The number of carbonyl (C=O) groups excluding carboxylic acids is 1. The number of aryl methyl sites for hydroxylation is 1. The molecule has 2 rings (SSSR count). The van der Waals surface area contributed by atoms with E-state index in [0.717, 1.165) is 31.3 Å². The number of unbranched alkanes of at least 4 members (excludes halogenated alkanes) is 2. The molecule has 2 nitrogen and oxygen atoms in total. The van der Waals surface area contributed by atoms with Gasteiger partial charge >= 0.3 is 0 Å². The van der Waals surface area contributed by atoms with Gasteiger partial charge in [-0.1, -0.05) is 42.5 Å². The topological polar surface area (TPSA) is 26.3 Å². The van der Waals surface area contributed by atoms with E-state index in [9.17, 15) is 4.79 Å². The first-order valence-corrected chi connectivity index (χ1v) is 7.08. The minimum absolute atomic E-state index is 0.593. The summed E-state index contributed by atoms with van der Waals surface area (Å²) in [5.41, 5.74) is 2.49. The van der Waals surface area contributed by atoms with Crippen LogP contribution in [0.3, 0.4) is 0 Å². The lowest BCUT2D eigenvalue weighted by Crippen LogP contribution is -1.95. The van der Waals surface area contributed by atoms with E-state index in [1.165, 1.54) is 11.1 Å². The number of rotatable bonds is 8. The Morgan fingerprint density at radius 1 is 0.850 bits per heavy atom. The lowest BCUT2D eigenvalue weighted by molar-refractivity contribution is -0.107. The second-order valence-corrected chi connectivity index (χ2v) is 4.83. The van der Waals surface area contributed by atoms with E-state index in [1.54, 1.807) is 0 Å². The number of benzene rings is 2. The fraction of sp³-hybridized carbons (Fsp3) is 0.278. The molecule has 0 spiro atoms. The molecular formula is C18H20O2. The molecule has 0 saturated carbocycles. The van der Waals surface area contributed by atoms with Gasteiger partial charge in [0.1, 0.15) is 18.6 Å². The molecule has 104 valence electrons. The van der Waals surface area contributed by atoms with E-state index in [0.29, 0.717) is 13.0 Å². The quantitative estimate of drug-likeness (QED) is 0.530. The van der Waals surface area contributed by atoms with Crippen LogP contribution < -0.4 is 4.74 Å². The van der Waals surface area contributed by atoms with Crippen molar-refractivity contribution in [2.75, 3.05) is 0 Å². The second kappa shape index (κ2) is 8.16. The Morgan fingerprint density at radius 3 is 2.25 bits per heavy atom. The average molecular weight is 268 g/mol. The van der Waals surface area contributed by atoms with Crippen LogP contribution in [0, 0.1) is 0 Å². The van der Waals surface area contributed by atoms with E-state index in [4.69, 9.17) is 4.74 Å². The van der Waals surface area contributed by atoms with Gasteiger partial charge in [-0.3, -0.25) is 0 Å². The van der Waals surface area contributed by atoms with Crippen molar-refractivity contribution in [3.05, 3.63) is 65.7 Å². The zero-order valence-electron chi connectivity index (χ0n) is 11.6. The molecule has 20 heavy (non-hydrogen) atoms. The van der Waals surface area contributed by atoms with Crippen LogP contribution in [0.1, 0.15) is 30.4 Å². The summed E-state index contributed by atoms with van der Waals surface area (Å²) in [7, 11) is 0. The van der Waals surface area contributed by atoms with Crippen molar-refractivity contribution < 1.29 is 9.53 Å². The Morgan fingerprint density at radius 2 is 1.55 bits per heavy atom. The van der Waals surface area contributed by atoms with E-state index in [1.807, 2.05) is 30.3 Å². The standard InChI is InChI=1S/C18H20O2/c19-14-6-2-3-7-16-10-12-17(13-11-16)15-20-18-8-4-1-5-9-18/h1,4-5,8-14H,2-3,6-7,15H2. The van der Waals surface area contributed by atoms with Gasteiger partial charge in [0, 0.05) is 6.42 Å². The molecule has 2 heteroatoms. The van der Waals surface area contributed by atoms with Crippen LogP contribution in [0.4, 0.5) is 0 Å². The molecule has 0 bridgehead atoms. The Kier molecular flexibility index (Phi) is 5.84. The first kappa shape index (κ1) is 14.3. The van der Waals surface area contributed by atoms with Crippen molar-refractivity contribution in [2.45, 2.75) is 32.3 Å². The van der Waals surface area contributed by atoms with Crippen molar-refractivity contribution in [3.8, 4) is 5.75 Å². The molecule has 0 unspecified atom stereocenters. The summed E-state index contributed by atoms with van der Waals surface area (Å²) in [6.45, 7) is 0.593. The van der Waals surface area contributed by atoms with E-state index >= 15 is 0 Å². The number of hydrogen-bond acceptors (Lipinski definition) is 2. The summed E-state index contributed by atoms with van der Waals surface area (Å²) < 4.78 is 5.71. The predicted molar refractivity (Wildman–Crippen MR) is 80.8 cm³/mol. The molecule has 0 aromatic heterocycles. The maximum Gasteiger partial charge on any atom is 0.119 e. The lowest BCUT2D eigenvalue weighted by Gasteiger charge is -2.07. The van der Waals surface area contributed by atoms with Crippen molar-refractivity contribution in [3.63, 3.8) is 0 Å². The van der Waals surface area contributed by atoms with Crippen LogP contribution in [-0.4, -0.2) is 6.29 Å². The minimum Gasteiger partial charge on any atom is -0.489 e. The Hall–Kier alpha value is -2.09. The fourth-order valence-corrected chi connectivity index (χ4v) is 2.04. The van der Waals surface area contributed by atoms with E-state index in [-0.39, 0.29) is 0 Å². The highest BCUT2D eigenvalue weighted by Crippen LogP contribution is 2.13. The molecule has 0 fully saturated rings. The van der Waals surface area contributed by atoms with Gasteiger partial charge in [0.15, 0.2) is 0 Å². The number of para-hydroxylation sites is 1. The maximum absolute atomic E-state index is 10.2. The van der Waals surface area contributed by atoms with Gasteiger partial charge < -0.3 is 9.53 Å². The van der Waals surface area contributed by atoms with Crippen molar-refractivity contribution in [1.82, 2.24) is 0 Å². The molecule has 0 atom stereocenters. The van der Waals surface area contributed by atoms with Gasteiger partial charge in [-0.2, -0.15) is 0 Å². The summed E-state index contributed by atoms with van der Waals surface area (Å²) in [6.07, 6.45) is 4.74. The minimum atomic E-state index is 0.593. The highest BCUT2D eigenvalue weighted by molar-refractivity contribution is 5.48. The molecule has 0 N–H and O–H groups in total. The molecule has 0 aliphatic rings. The maximum atomic E-state index is 10.2. The van der Waals surface area contributed by atoms with Crippen molar-refractivity contribution in [2.24, 2.45) is 0 Å². The first-order chi connectivity index (χ1) is 9.88. The highest BCUT2D eigenvalue weighted by atomic mass is 16.5. The summed E-state index contributed by atoms with van der Waals surface area (Å²) in [5.74, 6) is 0.894. The molecule has 0 heterocycles. The Balaban J connectivity index is 1.78. The van der Waals surface area contributed by atoms with Crippen LogP contribution in [-0.2, 0) is 17.8 Å². The van der Waals surface area contributed by atoms with Gasteiger partial charge in [0.25, 0.3) is 0 Å². The fourth-order valence-electron chi connectivity index (χ4n) is 2.04. The number of aldehydes is 1. The third kappa shape index (κ3) is 4.88. The normalized spacial score (nSPS) is 10.2. The summed E-state index contributed by atoms with van der Waals surface area (Å²) in [5, 5.41) is 0. The monoisotopic (exact) mass is 268 g/mol. The van der Waals surface area contributed by atoms with Gasteiger partial charge in [0.05, 0.1) is 0 Å². The first-order valence-electron chi connectivity index (χ1n) is 7.08. The summed E-state index contributed by atoms with van der Waals surface area (Å²) >= 11 is 0. The zero-order valence-corrected chi connectivity index (χ0v) is 11.6. The van der Waals surface area contributed by atoms with E-state index in [2.05, 4.69) is 24.3 Å². The number of ether oxygens (including phenoxy) is 1. The zero-order chi connectivity index (χ0) is 14.0. The predicted octanol–water partition coefficient (Wildman–Crippen LogP) is 4.18. The van der Waals surface area contributed by atoms with Crippen LogP contribution in [0.2, 0.25) is 0 Å². The van der Waals surface area contributed by atoms with Gasteiger partial charge in [-0.05, 0) is 42.5 Å². The van der Waals surface area contributed by atoms with Crippen LogP contribution in [0.25, 0.3) is 0 Å². The van der Waals surface area contributed by atoms with Gasteiger partial charge in [-0.25, -0.2) is 0 Å². The third-order valence-corrected chi connectivity index (χ3v) is 3.21. The smallest absolute Gasteiger partial charge is 0.119 e. The highest BCUT2D eigenvalue weighted by Gasteiger charge is 1.97. The molecule has 0 radical (unpaired) electrons. The summed E-state index contributed by atoms with van der Waals surface area (Å²) in [4.78, 5) is 10.2. The van der Waals surface area contributed by atoms with E-state index < -0.39 is 0 Å². The molecular weight excluding hydrogens is 248 g/mol. The molecule has 0 amide bonds.